The molecule has 0 saturated heterocycles. The normalized spacial score (nSPS) is 15.6. The molecule has 0 aromatic carbocycles. The Balaban J connectivity index is 1.55. The molecule has 3 N–H and O–H groups in total. The van der Waals surface area contributed by atoms with Crippen LogP contribution in [-0.4, -0.2) is 49.7 Å². The molecular formula is C18H29N5O2. The lowest BCUT2D eigenvalue weighted by Crippen LogP contribution is -2.41. The highest BCUT2D eigenvalue weighted by molar-refractivity contribution is 5.94. The second kappa shape index (κ2) is 11.4. The summed E-state index contributed by atoms with van der Waals surface area (Å²) in [6.07, 6.45) is 11.0. The van der Waals surface area contributed by atoms with Crippen LogP contribution in [0.4, 0.5) is 5.69 Å². The molecule has 138 valence electrons. The largest absolute Gasteiger partial charge is 0.378 e. The average Bonchev–Trinajstić information content (AvgIpc) is 2.65. The Morgan fingerprint density at radius 2 is 2.16 bits per heavy atom. The summed E-state index contributed by atoms with van der Waals surface area (Å²) in [5.41, 5.74) is 0.678. The van der Waals surface area contributed by atoms with Crippen molar-refractivity contribution in [3.8, 4) is 0 Å². The Hall–Kier alpha value is -2.15. The summed E-state index contributed by atoms with van der Waals surface area (Å²) in [6.45, 7) is 1.67. The molecule has 0 spiro atoms. The Bertz CT molecular complexity index is 530. The zero-order valence-electron chi connectivity index (χ0n) is 15.0. The van der Waals surface area contributed by atoms with Gasteiger partial charge in [0.2, 0.25) is 5.91 Å². The van der Waals surface area contributed by atoms with Gasteiger partial charge in [-0.15, -0.1) is 0 Å². The van der Waals surface area contributed by atoms with E-state index in [1.54, 1.807) is 31.6 Å². The fraction of sp³-hybridized carbons (Fsp3) is 0.611. The number of ether oxygens (including phenoxy) is 1. The summed E-state index contributed by atoms with van der Waals surface area (Å²) in [5, 5.41) is 8.96. The second-order valence-electron chi connectivity index (χ2n) is 6.13. The minimum Gasteiger partial charge on any atom is -0.378 e. The second-order valence-corrected chi connectivity index (χ2v) is 6.13. The molecule has 1 heterocycles. The first-order valence-corrected chi connectivity index (χ1v) is 9.04. The maximum atomic E-state index is 11.9. The SMILES string of the molecule is CN=C(NCCCOC1CCCCC1)NCC(=O)Nc1cccnc1. The summed E-state index contributed by atoms with van der Waals surface area (Å²) in [5.74, 6) is 0.468. The van der Waals surface area contributed by atoms with E-state index in [0.29, 0.717) is 17.8 Å². The van der Waals surface area contributed by atoms with Crippen molar-refractivity contribution < 1.29 is 9.53 Å². The number of aliphatic imine (C=N–C) groups is 1. The maximum absolute atomic E-state index is 11.9. The van der Waals surface area contributed by atoms with Gasteiger partial charge in [0.15, 0.2) is 5.96 Å². The van der Waals surface area contributed by atoms with Crippen molar-refractivity contribution in [2.45, 2.75) is 44.6 Å². The van der Waals surface area contributed by atoms with Crippen molar-refractivity contribution in [1.29, 1.82) is 0 Å². The van der Waals surface area contributed by atoms with Crippen LogP contribution < -0.4 is 16.0 Å². The van der Waals surface area contributed by atoms with Crippen LogP contribution in [-0.2, 0) is 9.53 Å². The molecule has 0 aliphatic heterocycles. The van der Waals surface area contributed by atoms with E-state index in [0.717, 1.165) is 19.6 Å². The molecule has 1 amide bonds. The standard InChI is InChI=1S/C18H29N5O2/c1-19-18(21-11-6-12-25-16-8-3-2-4-9-16)22-14-17(24)23-15-7-5-10-20-13-15/h5,7,10,13,16H,2-4,6,8-9,11-12,14H2,1H3,(H,23,24)(H2,19,21,22). The number of carbonyl (C=O) groups is 1. The van der Waals surface area contributed by atoms with Crippen LogP contribution in [0.5, 0.6) is 0 Å². The summed E-state index contributed by atoms with van der Waals surface area (Å²) in [4.78, 5) is 20.0. The van der Waals surface area contributed by atoms with E-state index in [1.807, 2.05) is 0 Å². The Morgan fingerprint density at radius 3 is 2.88 bits per heavy atom. The van der Waals surface area contributed by atoms with E-state index >= 15 is 0 Å². The lowest BCUT2D eigenvalue weighted by molar-refractivity contribution is -0.115. The zero-order chi connectivity index (χ0) is 17.7. The van der Waals surface area contributed by atoms with Crippen molar-refractivity contribution in [3.05, 3.63) is 24.5 Å². The van der Waals surface area contributed by atoms with Crippen LogP contribution in [0.25, 0.3) is 0 Å². The highest BCUT2D eigenvalue weighted by Gasteiger charge is 2.13. The van der Waals surface area contributed by atoms with E-state index < -0.39 is 0 Å². The quantitative estimate of drug-likeness (QED) is 0.380. The summed E-state index contributed by atoms with van der Waals surface area (Å²) in [6, 6.07) is 3.57. The molecule has 0 radical (unpaired) electrons. The zero-order valence-corrected chi connectivity index (χ0v) is 15.0. The van der Waals surface area contributed by atoms with Crippen molar-refractivity contribution >= 4 is 17.6 Å². The van der Waals surface area contributed by atoms with Crippen molar-refractivity contribution in [2.75, 3.05) is 32.1 Å². The molecule has 1 aromatic heterocycles. The number of pyridine rings is 1. The monoisotopic (exact) mass is 347 g/mol. The Morgan fingerprint density at radius 1 is 1.32 bits per heavy atom. The molecule has 0 atom stereocenters. The molecule has 1 saturated carbocycles. The molecular weight excluding hydrogens is 318 g/mol. The molecule has 25 heavy (non-hydrogen) atoms. The molecule has 2 rings (SSSR count). The number of hydrogen-bond acceptors (Lipinski definition) is 4. The predicted octanol–water partition coefficient (Wildman–Crippen LogP) is 1.92. The highest BCUT2D eigenvalue weighted by Crippen LogP contribution is 2.20. The molecule has 0 bridgehead atoms. The lowest BCUT2D eigenvalue weighted by Gasteiger charge is -2.22. The summed E-state index contributed by atoms with van der Waals surface area (Å²) in [7, 11) is 1.69. The third-order valence-corrected chi connectivity index (χ3v) is 4.10. The molecule has 7 nitrogen and oxygen atoms in total. The summed E-state index contributed by atoms with van der Waals surface area (Å²) >= 11 is 0. The van der Waals surface area contributed by atoms with Gasteiger partial charge in [-0.05, 0) is 31.4 Å². The number of nitrogens with zero attached hydrogens (tertiary/aromatic N) is 2. The average molecular weight is 347 g/mol. The molecule has 1 fully saturated rings. The van der Waals surface area contributed by atoms with Gasteiger partial charge in [-0.1, -0.05) is 19.3 Å². The van der Waals surface area contributed by atoms with Gasteiger partial charge >= 0.3 is 0 Å². The molecule has 1 aromatic rings. The van der Waals surface area contributed by atoms with Crippen LogP contribution in [0.1, 0.15) is 38.5 Å². The van der Waals surface area contributed by atoms with E-state index in [9.17, 15) is 4.79 Å². The van der Waals surface area contributed by atoms with Gasteiger partial charge in [-0.25, -0.2) is 0 Å². The number of nitrogens with one attached hydrogen (secondary N) is 3. The van der Waals surface area contributed by atoms with Crippen LogP contribution >= 0.6 is 0 Å². The van der Waals surface area contributed by atoms with Crippen molar-refractivity contribution in [1.82, 2.24) is 15.6 Å². The fourth-order valence-electron chi connectivity index (χ4n) is 2.79. The number of hydrogen-bond donors (Lipinski definition) is 3. The smallest absolute Gasteiger partial charge is 0.243 e. The first kappa shape index (κ1) is 19.2. The van der Waals surface area contributed by atoms with E-state index in [2.05, 4.69) is 25.9 Å². The topological polar surface area (TPSA) is 87.6 Å². The number of guanidine groups is 1. The van der Waals surface area contributed by atoms with Crippen LogP contribution in [0.2, 0.25) is 0 Å². The van der Waals surface area contributed by atoms with E-state index in [-0.39, 0.29) is 12.5 Å². The first-order valence-electron chi connectivity index (χ1n) is 9.04. The lowest BCUT2D eigenvalue weighted by atomic mass is 9.98. The summed E-state index contributed by atoms with van der Waals surface area (Å²) < 4.78 is 5.89. The third kappa shape index (κ3) is 7.98. The fourth-order valence-corrected chi connectivity index (χ4v) is 2.79. The Labute approximate surface area is 149 Å². The van der Waals surface area contributed by atoms with Gasteiger partial charge in [-0.2, -0.15) is 0 Å². The molecule has 1 aliphatic carbocycles. The van der Waals surface area contributed by atoms with Gasteiger partial charge in [-0.3, -0.25) is 14.8 Å². The van der Waals surface area contributed by atoms with Crippen LogP contribution in [0, 0.1) is 0 Å². The number of carbonyl (C=O) groups excluding carboxylic acids is 1. The Kier molecular flexibility index (Phi) is 8.75. The molecule has 0 unspecified atom stereocenters. The van der Waals surface area contributed by atoms with E-state index in [4.69, 9.17) is 4.74 Å². The predicted molar refractivity (Wildman–Crippen MR) is 99.7 cm³/mol. The molecule has 7 heteroatoms. The van der Waals surface area contributed by atoms with Gasteiger partial charge in [0.25, 0.3) is 0 Å². The minimum absolute atomic E-state index is 0.142. The third-order valence-electron chi connectivity index (χ3n) is 4.10. The highest BCUT2D eigenvalue weighted by atomic mass is 16.5. The number of rotatable bonds is 8. The molecule has 1 aliphatic rings. The minimum atomic E-state index is -0.142. The number of amides is 1. The number of anilines is 1. The van der Waals surface area contributed by atoms with Gasteiger partial charge < -0.3 is 20.7 Å². The van der Waals surface area contributed by atoms with E-state index in [1.165, 1.54) is 32.1 Å². The van der Waals surface area contributed by atoms with Crippen molar-refractivity contribution in [3.63, 3.8) is 0 Å². The number of aromatic nitrogens is 1. The van der Waals surface area contributed by atoms with Gasteiger partial charge in [0.1, 0.15) is 0 Å². The van der Waals surface area contributed by atoms with Crippen LogP contribution in [0.3, 0.4) is 0 Å². The van der Waals surface area contributed by atoms with Gasteiger partial charge in [0, 0.05) is 26.4 Å². The van der Waals surface area contributed by atoms with Crippen molar-refractivity contribution in [2.24, 2.45) is 4.99 Å². The maximum Gasteiger partial charge on any atom is 0.243 e. The van der Waals surface area contributed by atoms with Crippen LogP contribution in [0.15, 0.2) is 29.5 Å². The first-order chi connectivity index (χ1) is 12.3. The van der Waals surface area contributed by atoms with Gasteiger partial charge in [0.05, 0.1) is 24.5 Å².